The Morgan fingerprint density at radius 1 is 1.29 bits per heavy atom. The summed E-state index contributed by atoms with van der Waals surface area (Å²) in [7, 11) is 0. The molecule has 0 aliphatic heterocycles. The van der Waals surface area contributed by atoms with Crippen LogP contribution in [0.2, 0.25) is 0 Å². The van der Waals surface area contributed by atoms with Gasteiger partial charge in [0.25, 0.3) is 0 Å². The van der Waals surface area contributed by atoms with Gasteiger partial charge >= 0.3 is 5.97 Å². The first-order valence-electron chi connectivity index (χ1n) is 5.06. The summed E-state index contributed by atoms with van der Waals surface area (Å²) in [4.78, 5) is 15.8. The molecule has 0 unspecified atom stereocenters. The van der Waals surface area contributed by atoms with Gasteiger partial charge in [0.15, 0.2) is 0 Å². The van der Waals surface area contributed by atoms with Crippen molar-refractivity contribution in [1.82, 2.24) is 4.98 Å². The number of halogens is 1. The van der Waals surface area contributed by atoms with Crippen molar-refractivity contribution in [2.45, 2.75) is 6.92 Å². The zero-order valence-corrected chi connectivity index (χ0v) is 10.8. The highest BCUT2D eigenvalue weighted by Crippen LogP contribution is 2.16. The number of benzene rings is 1. The van der Waals surface area contributed by atoms with Crippen molar-refractivity contribution in [3.05, 3.63) is 58.2 Å². The number of aromatic nitrogens is 1. The Morgan fingerprint density at radius 3 is 2.76 bits per heavy atom. The molecule has 0 saturated heterocycles. The third-order valence-electron chi connectivity index (χ3n) is 2.26. The van der Waals surface area contributed by atoms with Crippen molar-refractivity contribution in [2.24, 2.45) is 0 Å². The van der Waals surface area contributed by atoms with Crippen molar-refractivity contribution in [1.29, 1.82) is 0 Å². The van der Waals surface area contributed by atoms with Crippen molar-refractivity contribution in [2.75, 3.05) is 0 Å². The maximum atomic E-state index is 11.9. The van der Waals surface area contributed by atoms with E-state index < -0.39 is 5.97 Å². The van der Waals surface area contributed by atoms with Crippen LogP contribution in [0.3, 0.4) is 0 Å². The van der Waals surface area contributed by atoms with E-state index in [0.29, 0.717) is 5.56 Å². The Bertz CT molecular complexity index is 555. The van der Waals surface area contributed by atoms with Crippen LogP contribution in [0.1, 0.15) is 15.9 Å². The molecule has 0 radical (unpaired) electrons. The predicted octanol–water partition coefficient (Wildman–Crippen LogP) is 3.37. The van der Waals surface area contributed by atoms with Gasteiger partial charge in [-0.2, -0.15) is 0 Å². The van der Waals surface area contributed by atoms with Crippen LogP contribution in [0, 0.1) is 6.92 Å². The Kier molecular flexibility index (Phi) is 3.54. The molecule has 4 heteroatoms. The number of pyridine rings is 1. The molecular formula is C13H10BrNO2. The van der Waals surface area contributed by atoms with Crippen LogP contribution < -0.4 is 4.74 Å². The lowest BCUT2D eigenvalue weighted by Crippen LogP contribution is -2.10. The van der Waals surface area contributed by atoms with E-state index in [-0.39, 0.29) is 5.88 Å². The number of carbonyl (C=O) groups excluding carboxylic acids is 1. The van der Waals surface area contributed by atoms with Gasteiger partial charge in [-0.3, -0.25) is 0 Å². The molecule has 17 heavy (non-hydrogen) atoms. The molecule has 86 valence electrons. The summed E-state index contributed by atoms with van der Waals surface area (Å²) < 4.78 is 6.00. The average molecular weight is 292 g/mol. The number of aryl methyl sites for hydroxylation is 1. The summed E-state index contributed by atoms with van der Waals surface area (Å²) in [6, 6.07) is 10.7. The summed E-state index contributed by atoms with van der Waals surface area (Å²) in [5.74, 6) is -0.110. The van der Waals surface area contributed by atoms with Gasteiger partial charge in [0.2, 0.25) is 5.88 Å². The normalized spacial score (nSPS) is 10.0. The number of rotatable bonds is 2. The van der Waals surface area contributed by atoms with Crippen LogP contribution in [-0.2, 0) is 0 Å². The van der Waals surface area contributed by atoms with Gasteiger partial charge in [-0.1, -0.05) is 34.1 Å². The lowest BCUT2D eigenvalue weighted by molar-refractivity contribution is 0.0726. The molecule has 0 bridgehead atoms. The number of carbonyl (C=O) groups is 1. The number of nitrogens with zero attached hydrogens (tertiary/aromatic N) is 1. The maximum absolute atomic E-state index is 11.9. The summed E-state index contributed by atoms with van der Waals surface area (Å²) in [6.07, 6.45) is 1.57. The van der Waals surface area contributed by atoms with E-state index in [4.69, 9.17) is 4.74 Å². The highest BCUT2D eigenvalue weighted by molar-refractivity contribution is 9.10. The second-order valence-electron chi connectivity index (χ2n) is 3.52. The molecule has 1 aromatic heterocycles. The molecule has 0 fully saturated rings. The molecule has 0 atom stereocenters. The lowest BCUT2D eigenvalue weighted by Gasteiger charge is -2.05. The van der Waals surface area contributed by atoms with Gasteiger partial charge in [-0.15, -0.1) is 0 Å². The predicted molar refractivity (Wildman–Crippen MR) is 68.1 cm³/mol. The first-order valence-corrected chi connectivity index (χ1v) is 5.85. The molecule has 1 aromatic carbocycles. The van der Waals surface area contributed by atoms with E-state index in [1.807, 2.05) is 19.1 Å². The van der Waals surface area contributed by atoms with Crippen molar-refractivity contribution in [3.63, 3.8) is 0 Å². The van der Waals surface area contributed by atoms with E-state index >= 15 is 0 Å². The fraction of sp³-hybridized carbons (Fsp3) is 0.0769. The summed E-state index contributed by atoms with van der Waals surface area (Å²) in [5.41, 5.74) is 1.43. The molecule has 2 rings (SSSR count). The molecule has 0 saturated carbocycles. The van der Waals surface area contributed by atoms with Crippen LogP contribution in [-0.4, -0.2) is 11.0 Å². The molecule has 0 amide bonds. The Morgan fingerprint density at radius 2 is 2.06 bits per heavy atom. The van der Waals surface area contributed by atoms with Gasteiger partial charge in [0, 0.05) is 16.7 Å². The van der Waals surface area contributed by atoms with Gasteiger partial charge in [-0.05, 0) is 24.6 Å². The molecule has 2 aromatic rings. The Balaban J connectivity index is 2.20. The molecule has 0 N–H and O–H groups in total. The van der Waals surface area contributed by atoms with Crippen LogP contribution in [0.15, 0.2) is 47.1 Å². The minimum Gasteiger partial charge on any atom is -0.404 e. The van der Waals surface area contributed by atoms with E-state index in [0.717, 1.165) is 10.0 Å². The fourth-order valence-electron chi connectivity index (χ4n) is 1.39. The minimum atomic E-state index is -0.395. The number of ether oxygens (including phenoxy) is 1. The zero-order chi connectivity index (χ0) is 12.3. The molecular weight excluding hydrogens is 282 g/mol. The van der Waals surface area contributed by atoms with Crippen LogP contribution in [0.5, 0.6) is 5.88 Å². The number of hydrogen-bond acceptors (Lipinski definition) is 3. The lowest BCUT2D eigenvalue weighted by atomic mass is 10.1. The molecule has 3 nitrogen and oxygen atoms in total. The van der Waals surface area contributed by atoms with Crippen molar-refractivity contribution >= 4 is 21.9 Å². The van der Waals surface area contributed by atoms with E-state index in [1.54, 1.807) is 30.5 Å². The monoisotopic (exact) mass is 291 g/mol. The highest BCUT2D eigenvalue weighted by atomic mass is 79.9. The van der Waals surface area contributed by atoms with Crippen molar-refractivity contribution < 1.29 is 9.53 Å². The first kappa shape index (κ1) is 11.8. The highest BCUT2D eigenvalue weighted by Gasteiger charge is 2.11. The van der Waals surface area contributed by atoms with Crippen molar-refractivity contribution in [3.8, 4) is 5.88 Å². The molecule has 1 heterocycles. The average Bonchev–Trinajstić information content (AvgIpc) is 2.29. The molecule has 0 aliphatic rings. The Labute approximate surface area is 108 Å². The quantitative estimate of drug-likeness (QED) is 0.797. The SMILES string of the molecule is Cc1ccccc1C(=O)Oc1cc(Br)ccn1. The summed E-state index contributed by atoms with van der Waals surface area (Å²) in [5, 5.41) is 0. The third kappa shape index (κ3) is 2.91. The van der Waals surface area contributed by atoms with E-state index in [9.17, 15) is 4.79 Å². The first-order chi connectivity index (χ1) is 8.16. The van der Waals surface area contributed by atoms with Gasteiger partial charge in [-0.25, -0.2) is 9.78 Å². The maximum Gasteiger partial charge on any atom is 0.345 e. The number of hydrogen-bond donors (Lipinski definition) is 0. The molecule has 0 aliphatic carbocycles. The zero-order valence-electron chi connectivity index (χ0n) is 9.18. The third-order valence-corrected chi connectivity index (χ3v) is 2.75. The van der Waals surface area contributed by atoms with Crippen LogP contribution in [0.25, 0.3) is 0 Å². The topological polar surface area (TPSA) is 39.2 Å². The Hall–Kier alpha value is -1.68. The largest absolute Gasteiger partial charge is 0.404 e. The number of esters is 1. The molecule has 0 spiro atoms. The second kappa shape index (κ2) is 5.10. The van der Waals surface area contributed by atoms with E-state index in [2.05, 4.69) is 20.9 Å². The smallest absolute Gasteiger partial charge is 0.345 e. The van der Waals surface area contributed by atoms with Crippen LogP contribution in [0.4, 0.5) is 0 Å². The van der Waals surface area contributed by atoms with Gasteiger partial charge < -0.3 is 4.74 Å². The van der Waals surface area contributed by atoms with E-state index in [1.165, 1.54) is 0 Å². The standard InChI is InChI=1S/C13H10BrNO2/c1-9-4-2-3-5-11(9)13(16)17-12-8-10(14)6-7-15-12/h2-8H,1H3. The van der Waals surface area contributed by atoms with Crippen LogP contribution >= 0.6 is 15.9 Å². The van der Waals surface area contributed by atoms with Gasteiger partial charge in [0.05, 0.1) is 5.56 Å². The summed E-state index contributed by atoms with van der Waals surface area (Å²) in [6.45, 7) is 1.87. The van der Waals surface area contributed by atoms with Gasteiger partial charge in [0.1, 0.15) is 0 Å². The second-order valence-corrected chi connectivity index (χ2v) is 4.43. The summed E-state index contributed by atoms with van der Waals surface area (Å²) >= 11 is 3.29. The minimum absolute atomic E-state index is 0.285. The fourth-order valence-corrected chi connectivity index (χ4v) is 1.71.